The van der Waals surface area contributed by atoms with Crippen LogP contribution in [0.25, 0.3) is 0 Å². The monoisotopic (exact) mass is 266 g/mol. The lowest BCUT2D eigenvalue weighted by atomic mass is 10.1. The molecule has 0 aliphatic carbocycles. The largest absolute Gasteiger partial charge is 0.491 e. The van der Waals surface area contributed by atoms with Gasteiger partial charge in [0, 0.05) is 0 Å². The molecular formula is C14H15ClO3. The quantitative estimate of drug-likeness (QED) is 0.902. The molecule has 0 aliphatic rings. The van der Waals surface area contributed by atoms with E-state index in [0.717, 1.165) is 11.5 Å². The summed E-state index contributed by atoms with van der Waals surface area (Å²) in [5.74, 6) is 1.97. The molecule has 18 heavy (non-hydrogen) atoms. The van der Waals surface area contributed by atoms with Crippen molar-refractivity contribution < 1.29 is 14.3 Å². The Bertz CT molecular complexity index is 507. The number of para-hydroxylation sites is 1. The molecule has 1 N–H and O–H groups in total. The Hall–Kier alpha value is -1.45. The van der Waals surface area contributed by atoms with Crippen LogP contribution in [0.3, 0.4) is 0 Å². The van der Waals surface area contributed by atoms with Crippen LogP contribution in [-0.4, -0.2) is 18.3 Å². The molecule has 0 aliphatic heterocycles. The van der Waals surface area contributed by atoms with Crippen LogP contribution in [0, 0.1) is 6.92 Å². The van der Waals surface area contributed by atoms with Crippen molar-refractivity contribution in [1.29, 1.82) is 0 Å². The minimum Gasteiger partial charge on any atom is -0.491 e. The highest BCUT2D eigenvalue weighted by Gasteiger charge is 2.15. The summed E-state index contributed by atoms with van der Waals surface area (Å²) >= 11 is 5.99. The number of aliphatic hydroxyl groups excluding tert-OH is 1. The SMILES string of the molecule is Cc1ccc(C(CO)COc2ccccc2Cl)o1. The second-order valence-corrected chi connectivity index (χ2v) is 4.48. The number of benzene rings is 1. The standard InChI is InChI=1S/C14H15ClO3/c1-10-6-7-13(18-10)11(8-16)9-17-14-5-3-2-4-12(14)15/h2-7,11,16H,8-9H2,1H3. The van der Waals surface area contributed by atoms with E-state index < -0.39 is 0 Å². The van der Waals surface area contributed by atoms with Crippen molar-refractivity contribution in [2.75, 3.05) is 13.2 Å². The van der Waals surface area contributed by atoms with Gasteiger partial charge in [0.15, 0.2) is 0 Å². The van der Waals surface area contributed by atoms with Gasteiger partial charge in [-0.25, -0.2) is 0 Å². The predicted molar refractivity (Wildman–Crippen MR) is 70.2 cm³/mol. The molecule has 2 rings (SSSR count). The number of furan rings is 1. The van der Waals surface area contributed by atoms with Crippen LogP contribution in [0.5, 0.6) is 5.75 Å². The Balaban J connectivity index is 2.02. The van der Waals surface area contributed by atoms with Crippen molar-refractivity contribution in [3.05, 3.63) is 52.9 Å². The predicted octanol–water partition coefficient (Wildman–Crippen LogP) is 3.40. The molecular weight excluding hydrogens is 252 g/mol. The molecule has 0 fully saturated rings. The fraction of sp³-hybridized carbons (Fsp3) is 0.286. The van der Waals surface area contributed by atoms with Crippen molar-refractivity contribution in [3.8, 4) is 5.75 Å². The number of aliphatic hydroxyl groups is 1. The number of hydrogen-bond donors (Lipinski definition) is 1. The Labute approximate surface area is 111 Å². The van der Waals surface area contributed by atoms with Crippen LogP contribution in [0.1, 0.15) is 17.4 Å². The average Bonchev–Trinajstić information content (AvgIpc) is 2.79. The van der Waals surface area contributed by atoms with E-state index in [-0.39, 0.29) is 12.5 Å². The fourth-order valence-electron chi connectivity index (χ4n) is 1.65. The van der Waals surface area contributed by atoms with Crippen molar-refractivity contribution in [1.82, 2.24) is 0 Å². The summed E-state index contributed by atoms with van der Waals surface area (Å²) in [5, 5.41) is 9.92. The van der Waals surface area contributed by atoms with Crippen LogP contribution in [-0.2, 0) is 0 Å². The van der Waals surface area contributed by atoms with Crippen LogP contribution >= 0.6 is 11.6 Å². The Kier molecular flexibility index (Phi) is 4.28. The molecule has 1 atom stereocenters. The van der Waals surface area contributed by atoms with Gasteiger partial charge in [0.2, 0.25) is 0 Å². The smallest absolute Gasteiger partial charge is 0.137 e. The maximum atomic E-state index is 9.36. The normalized spacial score (nSPS) is 12.4. The van der Waals surface area contributed by atoms with Crippen LogP contribution < -0.4 is 4.74 Å². The molecule has 0 amide bonds. The van der Waals surface area contributed by atoms with Gasteiger partial charge in [-0.05, 0) is 31.2 Å². The van der Waals surface area contributed by atoms with Gasteiger partial charge in [0.1, 0.15) is 23.9 Å². The Morgan fingerprint density at radius 3 is 2.67 bits per heavy atom. The van der Waals surface area contributed by atoms with E-state index in [4.69, 9.17) is 20.8 Å². The first-order valence-electron chi connectivity index (χ1n) is 5.75. The van der Waals surface area contributed by atoms with E-state index in [1.54, 1.807) is 12.1 Å². The third-order valence-electron chi connectivity index (χ3n) is 2.66. The zero-order valence-electron chi connectivity index (χ0n) is 10.1. The van der Waals surface area contributed by atoms with E-state index in [2.05, 4.69) is 0 Å². The number of rotatable bonds is 5. The van der Waals surface area contributed by atoms with Gasteiger partial charge in [-0.3, -0.25) is 0 Å². The van der Waals surface area contributed by atoms with E-state index in [9.17, 15) is 5.11 Å². The lowest BCUT2D eigenvalue weighted by Gasteiger charge is -2.14. The number of hydrogen-bond acceptors (Lipinski definition) is 3. The van der Waals surface area contributed by atoms with E-state index in [0.29, 0.717) is 17.4 Å². The number of aryl methyl sites for hydroxylation is 1. The second kappa shape index (κ2) is 5.94. The summed E-state index contributed by atoms with van der Waals surface area (Å²) in [4.78, 5) is 0. The third-order valence-corrected chi connectivity index (χ3v) is 2.97. The average molecular weight is 267 g/mol. The van der Waals surface area contributed by atoms with Crippen molar-refractivity contribution >= 4 is 11.6 Å². The maximum absolute atomic E-state index is 9.36. The van der Waals surface area contributed by atoms with Gasteiger partial charge in [0.05, 0.1) is 17.5 Å². The highest BCUT2D eigenvalue weighted by molar-refractivity contribution is 6.32. The molecule has 0 saturated heterocycles. The first-order valence-corrected chi connectivity index (χ1v) is 6.13. The van der Waals surface area contributed by atoms with Crippen molar-refractivity contribution in [2.24, 2.45) is 0 Å². The second-order valence-electron chi connectivity index (χ2n) is 4.07. The summed E-state index contributed by atoms with van der Waals surface area (Å²) in [5.41, 5.74) is 0. The summed E-state index contributed by atoms with van der Waals surface area (Å²) in [6.45, 7) is 2.16. The molecule has 0 saturated carbocycles. The lowest BCUT2D eigenvalue weighted by molar-refractivity contribution is 0.189. The first kappa shape index (κ1) is 13.0. The van der Waals surface area contributed by atoms with Crippen molar-refractivity contribution in [2.45, 2.75) is 12.8 Å². The van der Waals surface area contributed by atoms with Gasteiger partial charge >= 0.3 is 0 Å². The number of halogens is 1. The summed E-state index contributed by atoms with van der Waals surface area (Å²) < 4.78 is 11.1. The van der Waals surface area contributed by atoms with Crippen LogP contribution in [0.4, 0.5) is 0 Å². The molecule has 3 nitrogen and oxygen atoms in total. The van der Waals surface area contributed by atoms with Crippen LogP contribution in [0.15, 0.2) is 40.8 Å². The van der Waals surface area contributed by atoms with Gasteiger partial charge in [-0.2, -0.15) is 0 Å². The molecule has 1 heterocycles. The Morgan fingerprint density at radius 2 is 2.06 bits per heavy atom. The highest BCUT2D eigenvalue weighted by Crippen LogP contribution is 2.25. The van der Waals surface area contributed by atoms with Crippen molar-refractivity contribution in [3.63, 3.8) is 0 Å². The summed E-state index contributed by atoms with van der Waals surface area (Å²) in [7, 11) is 0. The zero-order valence-corrected chi connectivity index (χ0v) is 10.9. The molecule has 2 aromatic rings. The van der Waals surface area contributed by atoms with Gasteiger partial charge in [-0.1, -0.05) is 23.7 Å². The Morgan fingerprint density at radius 1 is 1.28 bits per heavy atom. The third kappa shape index (κ3) is 3.06. The molecule has 0 spiro atoms. The minimum absolute atomic E-state index is 0.0304. The fourth-order valence-corrected chi connectivity index (χ4v) is 1.84. The highest BCUT2D eigenvalue weighted by atomic mass is 35.5. The molecule has 0 radical (unpaired) electrons. The number of ether oxygens (including phenoxy) is 1. The first-order chi connectivity index (χ1) is 8.70. The lowest BCUT2D eigenvalue weighted by Crippen LogP contribution is -2.13. The topological polar surface area (TPSA) is 42.6 Å². The molecule has 1 unspecified atom stereocenters. The van der Waals surface area contributed by atoms with Gasteiger partial charge in [-0.15, -0.1) is 0 Å². The molecule has 1 aromatic heterocycles. The van der Waals surface area contributed by atoms with E-state index in [1.165, 1.54) is 0 Å². The summed E-state index contributed by atoms with van der Waals surface area (Å²) in [6, 6.07) is 11.0. The van der Waals surface area contributed by atoms with Gasteiger partial charge < -0.3 is 14.3 Å². The minimum atomic E-state index is -0.185. The zero-order chi connectivity index (χ0) is 13.0. The van der Waals surface area contributed by atoms with E-state index >= 15 is 0 Å². The van der Waals surface area contributed by atoms with E-state index in [1.807, 2.05) is 31.2 Å². The molecule has 0 bridgehead atoms. The molecule has 1 aromatic carbocycles. The summed E-state index contributed by atoms with van der Waals surface area (Å²) in [6.07, 6.45) is 0. The van der Waals surface area contributed by atoms with Gasteiger partial charge in [0.25, 0.3) is 0 Å². The molecule has 4 heteroatoms. The maximum Gasteiger partial charge on any atom is 0.137 e. The van der Waals surface area contributed by atoms with Crippen LogP contribution in [0.2, 0.25) is 5.02 Å². The molecule has 96 valence electrons.